The monoisotopic (exact) mass is 307 g/mol. The molecule has 1 amide bonds. The molecule has 0 radical (unpaired) electrons. The van der Waals surface area contributed by atoms with Crippen molar-refractivity contribution in [1.82, 2.24) is 14.8 Å². The Morgan fingerprint density at radius 1 is 1.29 bits per heavy atom. The molecule has 5 heteroatoms. The Morgan fingerprint density at radius 2 is 2.05 bits per heavy atom. The van der Waals surface area contributed by atoms with Crippen LogP contribution in [0.1, 0.15) is 50.6 Å². The third kappa shape index (κ3) is 3.14. The summed E-state index contributed by atoms with van der Waals surface area (Å²) in [7, 11) is 0. The molecule has 1 unspecified atom stereocenters. The molecule has 2 aliphatic heterocycles. The van der Waals surface area contributed by atoms with E-state index in [4.69, 9.17) is 0 Å². The average Bonchev–Trinajstić information content (AvgIpc) is 3.17. The molecule has 3 heterocycles. The molecule has 2 aliphatic rings. The number of nitrogens with zero attached hydrogens (tertiary/aromatic N) is 3. The first kappa shape index (κ1) is 15.0. The van der Waals surface area contributed by atoms with Gasteiger partial charge in [0.2, 0.25) is 5.91 Å². The Balaban J connectivity index is 1.63. The maximum absolute atomic E-state index is 12.9. The lowest BCUT2D eigenvalue weighted by Crippen LogP contribution is -2.44. The largest absolute Gasteiger partial charge is 0.333 e. The summed E-state index contributed by atoms with van der Waals surface area (Å²) in [6, 6.07) is 0.830. The van der Waals surface area contributed by atoms with Crippen LogP contribution in [0.15, 0.2) is 11.6 Å². The van der Waals surface area contributed by atoms with Gasteiger partial charge in [0.15, 0.2) is 0 Å². The first-order valence-corrected chi connectivity index (χ1v) is 8.98. The molecule has 1 aromatic rings. The van der Waals surface area contributed by atoms with Crippen LogP contribution in [0.25, 0.3) is 0 Å². The summed E-state index contributed by atoms with van der Waals surface area (Å²) in [4.78, 5) is 21.9. The van der Waals surface area contributed by atoms with E-state index in [0.29, 0.717) is 11.9 Å². The second kappa shape index (κ2) is 6.44. The minimum absolute atomic E-state index is 0.223. The van der Waals surface area contributed by atoms with E-state index in [1.54, 1.807) is 11.3 Å². The highest BCUT2D eigenvalue weighted by Gasteiger charge is 2.36. The number of likely N-dealkylation sites (tertiary alicyclic amines) is 2. The zero-order valence-corrected chi connectivity index (χ0v) is 13.8. The van der Waals surface area contributed by atoms with Crippen LogP contribution in [-0.4, -0.2) is 46.4 Å². The Bertz CT molecular complexity index is 466. The molecule has 3 rings (SSSR count). The van der Waals surface area contributed by atoms with Gasteiger partial charge in [0, 0.05) is 30.1 Å². The van der Waals surface area contributed by atoms with Crippen molar-refractivity contribution in [3.05, 3.63) is 16.6 Å². The number of carbonyl (C=O) groups is 1. The topological polar surface area (TPSA) is 36.4 Å². The van der Waals surface area contributed by atoms with Crippen LogP contribution in [0.5, 0.6) is 0 Å². The fraction of sp³-hybridized carbons (Fsp3) is 0.750. The molecular formula is C16H25N3OS. The van der Waals surface area contributed by atoms with Gasteiger partial charge in [-0.05, 0) is 52.6 Å². The maximum Gasteiger partial charge on any atom is 0.226 e. The highest BCUT2D eigenvalue weighted by Crippen LogP contribution is 2.35. The number of hydrogen-bond acceptors (Lipinski definition) is 4. The Labute approximate surface area is 131 Å². The highest BCUT2D eigenvalue weighted by molar-refractivity contribution is 7.09. The van der Waals surface area contributed by atoms with Gasteiger partial charge < -0.3 is 9.80 Å². The zero-order valence-electron chi connectivity index (χ0n) is 13.0. The molecular weight excluding hydrogens is 282 g/mol. The predicted molar refractivity (Wildman–Crippen MR) is 85.2 cm³/mol. The second-order valence-electron chi connectivity index (χ2n) is 6.46. The fourth-order valence-electron chi connectivity index (χ4n) is 3.58. The van der Waals surface area contributed by atoms with Gasteiger partial charge in [-0.2, -0.15) is 0 Å². The molecule has 0 saturated carbocycles. The SMILES string of the molecule is CC(C)N1CCC(C(=O)N2CCCC2c2nccs2)CC1. The van der Waals surface area contributed by atoms with Crippen molar-refractivity contribution in [2.24, 2.45) is 5.92 Å². The van der Waals surface area contributed by atoms with Crippen LogP contribution in [0.4, 0.5) is 0 Å². The second-order valence-corrected chi connectivity index (χ2v) is 7.39. The summed E-state index contributed by atoms with van der Waals surface area (Å²) in [6.45, 7) is 7.50. The minimum atomic E-state index is 0.223. The minimum Gasteiger partial charge on any atom is -0.333 e. The number of hydrogen-bond donors (Lipinski definition) is 0. The van der Waals surface area contributed by atoms with Crippen molar-refractivity contribution in [2.75, 3.05) is 19.6 Å². The average molecular weight is 307 g/mol. The molecule has 4 nitrogen and oxygen atoms in total. The smallest absolute Gasteiger partial charge is 0.226 e. The molecule has 1 aromatic heterocycles. The lowest BCUT2D eigenvalue weighted by molar-refractivity contribution is -0.138. The van der Waals surface area contributed by atoms with Crippen LogP contribution < -0.4 is 0 Å². The number of carbonyl (C=O) groups excluding carboxylic acids is 1. The van der Waals surface area contributed by atoms with Gasteiger partial charge in [-0.15, -0.1) is 11.3 Å². The molecule has 116 valence electrons. The summed E-state index contributed by atoms with van der Waals surface area (Å²) in [5.41, 5.74) is 0. The normalized spacial score (nSPS) is 24.9. The maximum atomic E-state index is 12.9. The summed E-state index contributed by atoms with van der Waals surface area (Å²) in [6.07, 6.45) is 6.06. The first-order chi connectivity index (χ1) is 10.2. The molecule has 0 N–H and O–H groups in total. The third-order valence-corrected chi connectivity index (χ3v) is 5.76. The van der Waals surface area contributed by atoms with Gasteiger partial charge in [0.05, 0.1) is 6.04 Å². The Kier molecular flexibility index (Phi) is 4.60. The summed E-state index contributed by atoms with van der Waals surface area (Å²) >= 11 is 1.68. The fourth-order valence-corrected chi connectivity index (χ4v) is 4.37. The van der Waals surface area contributed by atoms with E-state index in [-0.39, 0.29) is 12.0 Å². The van der Waals surface area contributed by atoms with Crippen LogP contribution in [0.3, 0.4) is 0 Å². The van der Waals surface area contributed by atoms with Gasteiger partial charge in [-0.3, -0.25) is 4.79 Å². The van der Waals surface area contributed by atoms with Crippen molar-refractivity contribution >= 4 is 17.2 Å². The van der Waals surface area contributed by atoms with Gasteiger partial charge >= 0.3 is 0 Å². The van der Waals surface area contributed by atoms with E-state index in [1.807, 2.05) is 11.6 Å². The van der Waals surface area contributed by atoms with Crippen molar-refractivity contribution in [1.29, 1.82) is 0 Å². The van der Waals surface area contributed by atoms with Crippen LogP contribution in [0, 0.1) is 5.92 Å². The van der Waals surface area contributed by atoms with E-state index < -0.39 is 0 Å². The van der Waals surface area contributed by atoms with Gasteiger partial charge in [-0.1, -0.05) is 0 Å². The van der Waals surface area contributed by atoms with E-state index >= 15 is 0 Å². The Morgan fingerprint density at radius 3 is 2.67 bits per heavy atom. The van der Waals surface area contributed by atoms with Gasteiger partial charge in [0.1, 0.15) is 5.01 Å². The van der Waals surface area contributed by atoms with E-state index in [9.17, 15) is 4.79 Å². The zero-order chi connectivity index (χ0) is 14.8. The predicted octanol–water partition coefficient (Wildman–Crippen LogP) is 2.93. The molecule has 0 spiro atoms. The summed E-state index contributed by atoms with van der Waals surface area (Å²) in [5, 5.41) is 3.12. The lowest BCUT2D eigenvalue weighted by Gasteiger charge is -2.36. The van der Waals surface area contributed by atoms with E-state index in [2.05, 4.69) is 28.6 Å². The van der Waals surface area contributed by atoms with Crippen molar-refractivity contribution in [2.45, 2.75) is 51.6 Å². The van der Waals surface area contributed by atoms with Crippen molar-refractivity contribution in [3.8, 4) is 0 Å². The molecule has 0 aromatic carbocycles. The first-order valence-electron chi connectivity index (χ1n) is 8.10. The van der Waals surface area contributed by atoms with Crippen LogP contribution in [0.2, 0.25) is 0 Å². The molecule has 21 heavy (non-hydrogen) atoms. The number of rotatable bonds is 3. The summed E-state index contributed by atoms with van der Waals surface area (Å²) in [5.74, 6) is 0.594. The van der Waals surface area contributed by atoms with E-state index in [0.717, 1.165) is 50.3 Å². The van der Waals surface area contributed by atoms with Crippen LogP contribution in [-0.2, 0) is 4.79 Å². The third-order valence-electron chi connectivity index (χ3n) is 4.88. The molecule has 0 bridgehead atoms. The number of thiazole rings is 1. The molecule has 1 atom stereocenters. The van der Waals surface area contributed by atoms with Crippen molar-refractivity contribution < 1.29 is 4.79 Å². The van der Waals surface area contributed by atoms with E-state index in [1.165, 1.54) is 0 Å². The van der Waals surface area contributed by atoms with Crippen molar-refractivity contribution in [3.63, 3.8) is 0 Å². The highest BCUT2D eigenvalue weighted by atomic mass is 32.1. The molecule has 2 saturated heterocycles. The lowest BCUT2D eigenvalue weighted by atomic mass is 9.94. The van der Waals surface area contributed by atoms with Gasteiger partial charge in [-0.25, -0.2) is 4.98 Å². The number of piperidine rings is 1. The van der Waals surface area contributed by atoms with Gasteiger partial charge in [0.25, 0.3) is 0 Å². The Hall–Kier alpha value is -0.940. The number of aromatic nitrogens is 1. The van der Waals surface area contributed by atoms with Crippen LogP contribution >= 0.6 is 11.3 Å². The number of amides is 1. The standard InChI is InChI=1S/C16H25N3OS/c1-12(2)18-9-5-13(6-10-18)16(20)19-8-3-4-14(19)15-17-7-11-21-15/h7,11-14H,3-6,8-10H2,1-2H3. The molecule has 2 fully saturated rings. The molecule has 0 aliphatic carbocycles. The quantitative estimate of drug-likeness (QED) is 0.861. The summed E-state index contributed by atoms with van der Waals surface area (Å²) < 4.78 is 0.